The number of aliphatic hydroxyl groups is 9. The number of ketones is 1. The minimum Gasteiger partial charge on any atom is -0.479 e. The van der Waals surface area contributed by atoms with E-state index in [0.717, 1.165) is 6.42 Å². The average molecular weight is 985 g/mol. The zero-order valence-electron chi connectivity index (χ0n) is 40.9. The van der Waals surface area contributed by atoms with Crippen molar-refractivity contribution < 1.29 is 98.6 Å². The minimum absolute atomic E-state index is 0.119. The number of hydrogen-bond acceptors (Lipinski definition) is 19. The molecular weight excluding hydrogens is 909 g/mol. The quantitative estimate of drug-likeness (QED) is 0.0786. The summed E-state index contributed by atoms with van der Waals surface area (Å²) in [6.45, 7) is 14.9. The van der Waals surface area contributed by atoms with Gasteiger partial charge in [0.15, 0.2) is 30.8 Å². The lowest BCUT2D eigenvalue weighted by molar-refractivity contribution is -0.367. The van der Waals surface area contributed by atoms with Gasteiger partial charge in [-0.2, -0.15) is 0 Å². The van der Waals surface area contributed by atoms with Crippen LogP contribution in [0.2, 0.25) is 0 Å². The van der Waals surface area contributed by atoms with Gasteiger partial charge in [-0.25, -0.2) is 4.79 Å². The SMILES string of the molecule is CC(=O)OCC1OC(OC2C(=O)C3(C)CCC4(C)C(=CCC5C6(C)CCC(OC7OC(C(=O)O)C(O)C(O)C7OC7OCC(O)C(O)C7O)C(C)(CO)C6CCC54C)C3CC2(C)C)C(O)C(O)C1O. The van der Waals surface area contributed by atoms with Gasteiger partial charge in [0.2, 0.25) is 0 Å². The summed E-state index contributed by atoms with van der Waals surface area (Å²) in [6, 6.07) is 0. The number of hydrogen-bond donors (Lipinski definition) is 10. The number of Topliss-reactive ketones (excluding diaryl/α,β-unsaturated/α-hetero) is 1. The number of carbonyl (C=O) groups is 3. The first-order valence-corrected chi connectivity index (χ1v) is 24.7. The van der Waals surface area contributed by atoms with Gasteiger partial charge in [-0.05, 0) is 90.8 Å². The molecule has 5 aliphatic carbocycles. The maximum absolute atomic E-state index is 15.0. The van der Waals surface area contributed by atoms with E-state index in [9.17, 15) is 60.7 Å². The van der Waals surface area contributed by atoms with Crippen LogP contribution in [0.4, 0.5) is 0 Å². The third-order valence-electron chi connectivity index (χ3n) is 19.4. The van der Waals surface area contributed by atoms with E-state index in [4.69, 9.17) is 33.2 Å². The molecule has 10 N–H and O–H groups in total. The Morgan fingerprint density at radius 2 is 1.42 bits per heavy atom. The Morgan fingerprint density at radius 1 is 0.739 bits per heavy atom. The summed E-state index contributed by atoms with van der Waals surface area (Å²) < 4.78 is 41.0. The average Bonchev–Trinajstić information content (AvgIpc) is 3.28. The van der Waals surface area contributed by atoms with Crippen molar-refractivity contribution in [2.75, 3.05) is 19.8 Å². The molecule has 3 aliphatic heterocycles. The van der Waals surface area contributed by atoms with Crippen LogP contribution in [-0.2, 0) is 47.5 Å². The van der Waals surface area contributed by atoms with Crippen LogP contribution in [0.5, 0.6) is 0 Å². The Kier molecular flexibility index (Phi) is 14.3. The third-order valence-corrected chi connectivity index (χ3v) is 19.4. The van der Waals surface area contributed by atoms with Gasteiger partial charge < -0.3 is 84.2 Å². The maximum atomic E-state index is 15.0. The first kappa shape index (κ1) is 53.1. The van der Waals surface area contributed by atoms with Gasteiger partial charge in [0, 0.05) is 17.8 Å². The maximum Gasteiger partial charge on any atom is 0.335 e. The summed E-state index contributed by atoms with van der Waals surface area (Å²) in [4.78, 5) is 38.8. The van der Waals surface area contributed by atoms with Gasteiger partial charge >= 0.3 is 11.9 Å². The second kappa shape index (κ2) is 18.6. The van der Waals surface area contributed by atoms with Gasteiger partial charge in [-0.3, -0.25) is 9.59 Å². The molecule has 3 saturated heterocycles. The minimum atomic E-state index is -1.97. The number of ether oxygens (including phenoxy) is 7. The predicted molar refractivity (Wildman–Crippen MR) is 236 cm³/mol. The Labute approximate surface area is 402 Å². The highest BCUT2D eigenvalue weighted by Gasteiger charge is 2.71. The van der Waals surface area contributed by atoms with E-state index in [-0.39, 0.29) is 53.0 Å². The van der Waals surface area contributed by atoms with Crippen LogP contribution in [-0.4, -0.2) is 187 Å². The normalized spacial score (nSPS) is 52.9. The molecule has 0 radical (unpaired) electrons. The summed E-state index contributed by atoms with van der Waals surface area (Å²) in [6.07, 6.45) is -17.5. The number of allylic oxidation sites excluding steroid dienone is 2. The molecule has 24 unspecified atom stereocenters. The standard InChI is InChI=1S/C49H76O20/c1-21(51)63-19-25-30(54)31(55)35(59)42(65-25)69-39-38(60)45(4)15-16-48(7)22(23(45)17-44(39,2)3)9-10-27-46(5)13-12-28(47(6,20-50)26(46)11-14-49(27,48)8)66-43-37(33(57)32(56)36(67-43)40(61)62)68-41-34(58)29(53)24(52)18-64-41/h9,23-37,39,41-43,50,52-59H,10-20H2,1-8H3,(H,61,62). The molecule has 0 aromatic heterocycles. The van der Waals surface area contributed by atoms with Gasteiger partial charge in [-0.1, -0.05) is 60.1 Å². The number of fused-ring (bicyclic) bond motifs is 7. The first-order chi connectivity index (χ1) is 32.1. The van der Waals surface area contributed by atoms with Gasteiger partial charge in [0.25, 0.3) is 0 Å². The molecular formula is C49H76O20. The van der Waals surface area contributed by atoms with Crippen LogP contribution in [0.25, 0.3) is 0 Å². The fourth-order valence-corrected chi connectivity index (χ4v) is 14.9. The van der Waals surface area contributed by atoms with Crippen molar-refractivity contribution >= 4 is 17.7 Å². The van der Waals surface area contributed by atoms with Crippen molar-refractivity contribution in [2.24, 2.45) is 50.2 Å². The molecule has 8 aliphatic rings. The number of carboxylic acid groups (broad SMARTS) is 1. The number of rotatable bonds is 10. The molecule has 0 bridgehead atoms. The molecule has 0 aromatic rings. The number of aliphatic hydroxyl groups excluding tert-OH is 9. The molecule has 7 fully saturated rings. The van der Waals surface area contributed by atoms with E-state index in [0.29, 0.717) is 44.9 Å². The highest BCUT2D eigenvalue weighted by atomic mass is 16.8. The highest BCUT2D eigenvalue weighted by Crippen LogP contribution is 2.75. The fourth-order valence-electron chi connectivity index (χ4n) is 14.9. The van der Waals surface area contributed by atoms with Crippen molar-refractivity contribution in [2.45, 2.75) is 205 Å². The summed E-state index contributed by atoms with van der Waals surface area (Å²) >= 11 is 0. The summed E-state index contributed by atoms with van der Waals surface area (Å²) in [7, 11) is 0. The molecule has 0 spiro atoms. The van der Waals surface area contributed by atoms with Gasteiger partial charge in [0.05, 0.1) is 19.3 Å². The molecule has 8 rings (SSSR count). The Balaban J connectivity index is 1.03. The molecule has 4 saturated carbocycles. The second-order valence-corrected chi connectivity index (χ2v) is 23.6. The van der Waals surface area contributed by atoms with E-state index in [1.165, 1.54) is 12.5 Å². The molecule has 24 atom stereocenters. The number of esters is 1. The predicted octanol–water partition coefficient (Wildman–Crippen LogP) is 0.0659. The highest BCUT2D eigenvalue weighted by molar-refractivity contribution is 5.91. The van der Waals surface area contributed by atoms with Crippen LogP contribution in [0, 0.1) is 50.2 Å². The van der Waals surface area contributed by atoms with Crippen LogP contribution >= 0.6 is 0 Å². The van der Waals surface area contributed by atoms with E-state index in [1.807, 2.05) is 27.7 Å². The number of carboxylic acids is 1. The van der Waals surface area contributed by atoms with Crippen molar-refractivity contribution in [1.82, 2.24) is 0 Å². The zero-order valence-corrected chi connectivity index (χ0v) is 40.9. The zero-order chi connectivity index (χ0) is 50.7. The Bertz CT molecular complexity index is 1980. The molecule has 0 aromatic carbocycles. The lowest BCUT2D eigenvalue weighted by Gasteiger charge is -2.71. The third kappa shape index (κ3) is 8.36. The summed E-state index contributed by atoms with van der Waals surface area (Å²) in [5.41, 5.74) is -2.22. The topological polar surface area (TPSA) is 318 Å². The van der Waals surface area contributed by atoms with Crippen molar-refractivity contribution in [3.8, 4) is 0 Å². The van der Waals surface area contributed by atoms with E-state index >= 15 is 4.79 Å². The van der Waals surface area contributed by atoms with Crippen LogP contribution < -0.4 is 0 Å². The van der Waals surface area contributed by atoms with Crippen LogP contribution in [0.15, 0.2) is 11.6 Å². The lowest BCUT2D eigenvalue weighted by Crippen LogP contribution is -2.68. The van der Waals surface area contributed by atoms with E-state index in [1.54, 1.807) is 0 Å². The molecule has 20 heteroatoms. The van der Waals surface area contributed by atoms with E-state index in [2.05, 4.69) is 26.8 Å². The van der Waals surface area contributed by atoms with Crippen molar-refractivity contribution in [3.05, 3.63) is 11.6 Å². The van der Waals surface area contributed by atoms with Crippen molar-refractivity contribution in [1.29, 1.82) is 0 Å². The summed E-state index contributed by atoms with van der Waals surface area (Å²) in [5.74, 6) is -2.45. The second-order valence-electron chi connectivity index (χ2n) is 23.6. The van der Waals surface area contributed by atoms with Gasteiger partial charge in [0.1, 0.15) is 73.8 Å². The number of aliphatic carboxylic acids is 1. The molecule has 20 nitrogen and oxygen atoms in total. The van der Waals surface area contributed by atoms with Crippen LogP contribution in [0.1, 0.15) is 107 Å². The lowest BCUT2D eigenvalue weighted by atomic mass is 9.33. The monoisotopic (exact) mass is 984 g/mol. The summed E-state index contributed by atoms with van der Waals surface area (Å²) in [5, 5.41) is 107. The smallest absolute Gasteiger partial charge is 0.335 e. The van der Waals surface area contributed by atoms with Gasteiger partial charge in [-0.15, -0.1) is 0 Å². The first-order valence-electron chi connectivity index (χ1n) is 24.7. The Morgan fingerprint density at radius 3 is 2.07 bits per heavy atom. The fraction of sp³-hybridized carbons (Fsp3) is 0.898. The molecule has 392 valence electrons. The molecule has 3 heterocycles. The van der Waals surface area contributed by atoms with Crippen LogP contribution in [0.3, 0.4) is 0 Å². The van der Waals surface area contributed by atoms with Crippen molar-refractivity contribution in [3.63, 3.8) is 0 Å². The Hall–Kier alpha value is -2.25. The largest absolute Gasteiger partial charge is 0.479 e. The number of carbonyl (C=O) groups excluding carboxylic acids is 2. The van der Waals surface area contributed by atoms with E-state index < -0.39 is 133 Å². The molecule has 0 amide bonds. The molecule has 69 heavy (non-hydrogen) atoms.